The van der Waals surface area contributed by atoms with E-state index in [2.05, 4.69) is 87.8 Å². The monoisotopic (exact) mass is 449 g/mol. The van der Waals surface area contributed by atoms with Crippen molar-refractivity contribution < 1.29 is 0 Å². The molecule has 8 heteroatoms. The summed E-state index contributed by atoms with van der Waals surface area (Å²) in [6, 6.07) is 4.40. The highest BCUT2D eigenvalue weighted by Gasteiger charge is 2.48. The highest BCUT2D eigenvalue weighted by Crippen LogP contribution is 2.82. The van der Waals surface area contributed by atoms with Gasteiger partial charge in [0, 0.05) is 36.3 Å². The Bertz CT molecular complexity index is 1420. The van der Waals surface area contributed by atoms with Gasteiger partial charge in [-0.3, -0.25) is 0 Å². The molecule has 0 atom stereocenters. The molecule has 0 unspecified atom stereocenters. The van der Waals surface area contributed by atoms with E-state index in [1.807, 2.05) is 4.52 Å². The first-order chi connectivity index (χ1) is 15.3. The van der Waals surface area contributed by atoms with Gasteiger partial charge in [0.1, 0.15) is 12.1 Å². The summed E-state index contributed by atoms with van der Waals surface area (Å²) in [6.45, 7) is 10.8. The number of thiol groups is 1. The van der Waals surface area contributed by atoms with Gasteiger partial charge < -0.3 is 14.6 Å². The van der Waals surface area contributed by atoms with Crippen LogP contribution in [-0.2, 0) is 0 Å². The summed E-state index contributed by atoms with van der Waals surface area (Å²) < 4.78 is 4.46. The first-order valence-corrected chi connectivity index (χ1v) is 14.3. The summed E-state index contributed by atoms with van der Waals surface area (Å²) in [5, 5.41) is 12.9. The van der Waals surface area contributed by atoms with Gasteiger partial charge in [0.05, 0.1) is 16.7 Å². The Kier molecular flexibility index (Phi) is 3.94. The van der Waals surface area contributed by atoms with Crippen molar-refractivity contribution in [3.63, 3.8) is 0 Å². The van der Waals surface area contributed by atoms with Crippen molar-refractivity contribution in [3.8, 4) is 11.3 Å². The van der Waals surface area contributed by atoms with Crippen molar-refractivity contribution in [1.29, 1.82) is 0 Å². The standard InChI is InChI=1S/C24H31N7S/c1-15(2)21-22(18-12-30-24(26-13-27-30)17(4)16(18)3)28-19-6-7-20(29-23(19)21)31-9-8-25-14-32(31,5)10-11-32/h6-7,10-13,15,25,28,32H,8-9,14H2,1-5H3. The van der Waals surface area contributed by atoms with E-state index in [1.165, 1.54) is 11.1 Å². The average molecular weight is 450 g/mol. The highest BCUT2D eigenvalue weighted by atomic mass is 32.3. The Morgan fingerprint density at radius 2 is 1.94 bits per heavy atom. The second-order valence-electron chi connectivity index (χ2n) is 9.95. The Labute approximate surface area is 188 Å². The molecule has 0 amide bonds. The number of pyridine rings is 2. The maximum atomic E-state index is 5.28. The maximum absolute atomic E-state index is 5.28. The Morgan fingerprint density at radius 3 is 2.69 bits per heavy atom. The van der Waals surface area contributed by atoms with E-state index >= 15 is 0 Å². The third-order valence-corrected chi connectivity index (χ3v) is 11.8. The van der Waals surface area contributed by atoms with Crippen molar-refractivity contribution >= 4 is 31.8 Å². The number of hydrogen-bond acceptors (Lipinski definition) is 5. The van der Waals surface area contributed by atoms with Crippen LogP contribution >= 0.6 is 9.35 Å². The van der Waals surface area contributed by atoms with Crippen LogP contribution in [0, 0.1) is 13.8 Å². The minimum Gasteiger partial charge on any atom is -0.353 e. The summed E-state index contributed by atoms with van der Waals surface area (Å²) in [4.78, 5) is 13.4. The lowest BCUT2D eigenvalue weighted by molar-refractivity contribution is 0.746. The smallest absolute Gasteiger partial charge is 0.158 e. The summed E-state index contributed by atoms with van der Waals surface area (Å²) >= 11 is 0. The van der Waals surface area contributed by atoms with Crippen LogP contribution in [0.25, 0.3) is 27.9 Å². The summed E-state index contributed by atoms with van der Waals surface area (Å²) in [5.41, 5.74) is 9.02. The molecule has 6 rings (SSSR count). The largest absolute Gasteiger partial charge is 0.353 e. The number of hydrogen-bond donors (Lipinski definition) is 3. The van der Waals surface area contributed by atoms with Gasteiger partial charge in [-0.25, -0.2) is 14.5 Å². The summed E-state index contributed by atoms with van der Waals surface area (Å²) in [7, 11) is -2.04. The van der Waals surface area contributed by atoms with Crippen LogP contribution in [0.3, 0.4) is 0 Å². The van der Waals surface area contributed by atoms with E-state index < -0.39 is 9.35 Å². The summed E-state index contributed by atoms with van der Waals surface area (Å²) in [5.74, 6) is 2.48. The van der Waals surface area contributed by atoms with Crippen LogP contribution in [0.2, 0.25) is 0 Å². The van der Waals surface area contributed by atoms with Gasteiger partial charge in [0.25, 0.3) is 0 Å². The Morgan fingerprint density at radius 1 is 1.12 bits per heavy atom. The minimum atomic E-state index is -2.04. The number of fused-ring (bicyclic) bond motifs is 2. The molecule has 1 saturated heterocycles. The lowest BCUT2D eigenvalue weighted by Gasteiger charge is -2.56. The fourth-order valence-corrected chi connectivity index (χ4v) is 9.15. The van der Waals surface area contributed by atoms with Crippen LogP contribution in [0.5, 0.6) is 0 Å². The van der Waals surface area contributed by atoms with Gasteiger partial charge in [-0.2, -0.15) is 14.4 Å². The van der Waals surface area contributed by atoms with Crippen LogP contribution in [0.1, 0.15) is 36.5 Å². The third-order valence-electron chi connectivity index (χ3n) is 7.41. The van der Waals surface area contributed by atoms with Crippen molar-refractivity contribution in [2.45, 2.75) is 33.6 Å². The number of rotatable bonds is 3. The van der Waals surface area contributed by atoms with Gasteiger partial charge in [-0.1, -0.05) is 13.8 Å². The SMILES string of the molecule is Cc1c(-c2[nH]c3ccc(N4CCNC[SH]45(C)C=C5)nc3c2C(C)C)cn2ncnc2c1C. The van der Waals surface area contributed by atoms with Crippen molar-refractivity contribution in [1.82, 2.24) is 29.9 Å². The zero-order valence-corrected chi connectivity index (χ0v) is 20.2. The van der Waals surface area contributed by atoms with E-state index in [0.29, 0.717) is 5.92 Å². The van der Waals surface area contributed by atoms with Crippen molar-refractivity contribution in [3.05, 3.63) is 52.2 Å². The molecule has 32 heavy (non-hydrogen) atoms. The van der Waals surface area contributed by atoms with Gasteiger partial charge in [0.15, 0.2) is 5.65 Å². The number of nitrogens with one attached hydrogen (secondary N) is 2. The first-order valence-electron chi connectivity index (χ1n) is 11.3. The Balaban J connectivity index is 1.55. The minimum absolute atomic E-state index is 0.329. The number of aryl methyl sites for hydroxylation is 1. The molecule has 0 aromatic carbocycles. The molecule has 168 valence electrons. The molecule has 7 nitrogen and oxygen atoms in total. The number of aromatic amines is 1. The molecule has 4 aromatic heterocycles. The number of anilines is 1. The first kappa shape index (κ1) is 19.8. The van der Waals surface area contributed by atoms with Crippen LogP contribution in [0.4, 0.5) is 5.82 Å². The predicted molar refractivity (Wildman–Crippen MR) is 136 cm³/mol. The highest BCUT2D eigenvalue weighted by molar-refractivity contribution is 8.59. The molecular weight excluding hydrogens is 418 g/mol. The molecule has 1 spiro atoms. The normalized spacial score (nSPS) is 20.3. The average Bonchev–Trinajstić information content (AvgIpc) is 3.14. The molecule has 6 heterocycles. The fourth-order valence-electron chi connectivity index (χ4n) is 5.19. The molecule has 2 aliphatic rings. The van der Waals surface area contributed by atoms with Gasteiger partial charge in [0.2, 0.25) is 0 Å². The molecular formula is C24H31N7S. The molecule has 0 radical (unpaired) electrons. The predicted octanol–water partition coefficient (Wildman–Crippen LogP) is 4.48. The lowest BCUT2D eigenvalue weighted by Crippen LogP contribution is -2.46. The molecule has 2 aliphatic heterocycles. The zero-order chi connectivity index (χ0) is 22.3. The van der Waals surface area contributed by atoms with E-state index in [9.17, 15) is 0 Å². The molecule has 0 saturated carbocycles. The maximum Gasteiger partial charge on any atom is 0.158 e. The van der Waals surface area contributed by atoms with Crippen LogP contribution in [0.15, 0.2) is 35.5 Å². The second-order valence-corrected chi connectivity index (χ2v) is 15.2. The lowest BCUT2D eigenvalue weighted by atomic mass is 9.95. The van der Waals surface area contributed by atoms with E-state index in [-0.39, 0.29) is 0 Å². The van der Waals surface area contributed by atoms with E-state index in [0.717, 1.165) is 58.3 Å². The third kappa shape index (κ3) is 2.62. The van der Waals surface area contributed by atoms with Crippen LogP contribution < -0.4 is 9.62 Å². The van der Waals surface area contributed by atoms with Gasteiger partial charge >= 0.3 is 0 Å². The molecule has 1 fully saturated rings. The molecule has 0 bridgehead atoms. The molecule has 4 aromatic rings. The number of H-pyrrole nitrogens is 1. The molecule has 2 N–H and O–H groups in total. The topological polar surface area (TPSA) is 74.1 Å². The quantitative estimate of drug-likeness (QED) is 0.402. The number of aromatic nitrogens is 5. The van der Waals surface area contributed by atoms with Gasteiger partial charge in [-0.05, 0) is 60.1 Å². The van der Waals surface area contributed by atoms with E-state index in [1.54, 1.807) is 6.33 Å². The van der Waals surface area contributed by atoms with E-state index in [4.69, 9.17) is 4.98 Å². The fraction of sp³-hybridized carbons (Fsp3) is 0.375. The zero-order valence-electron chi connectivity index (χ0n) is 19.3. The van der Waals surface area contributed by atoms with Crippen LogP contribution in [-0.4, -0.2) is 49.8 Å². The van der Waals surface area contributed by atoms with Crippen molar-refractivity contribution in [2.75, 3.05) is 29.5 Å². The Hall–Kier alpha value is -2.84. The molecule has 0 aliphatic carbocycles. The second kappa shape index (κ2) is 6.36. The number of nitrogens with zero attached hydrogens (tertiary/aromatic N) is 5. The summed E-state index contributed by atoms with van der Waals surface area (Å²) in [6.07, 6.45) is 6.14. The van der Waals surface area contributed by atoms with Gasteiger partial charge in [-0.15, -0.1) is 0 Å². The van der Waals surface area contributed by atoms with Crippen molar-refractivity contribution in [2.24, 2.45) is 0 Å².